The number of nitrogens with one attached hydrogen (secondary N) is 1. The van der Waals surface area contributed by atoms with Gasteiger partial charge in [0.15, 0.2) is 5.01 Å². The molecule has 1 aromatic carbocycles. The van der Waals surface area contributed by atoms with E-state index in [1.807, 2.05) is 36.4 Å². The van der Waals surface area contributed by atoms with E-state index in [1.165, 1.54) is 11.3 Å². The first kappa shape index (κ1) is 18.1. The van der Waals surface area contributed by atoms with Crippen LogP contribution in [0.2, 0.25) is 0 Å². The van der Waals surface area contributed by atoms with Gasteiger partial charge in [-0.2, -0.15) is 0 Å². The van der Waals surface area contributed by atoms with E-state index in [0.717, 1.165) is 38.2 Å². The van der Waals surface area contributed by atoms with Gasteiger partial charge in [-0.3, -0.25) is 4.98 Å². The average molecular weight is 392 g/mol. The molecule has 0 unspecified atom stereocenters. The molecule has 0 aliphatic carbocycles. The predicted octanol–water partition coefficient (Wildman–Crippen LogP) is 4.61. The molecule has 7 nitrogen and oxygen atoms in total. The second-order valence-corrected chi connectivity index (χ2v) is 7.58. The number of hydrogen-bond donors (Lipinski definition) is 2. The molecule has 3 aromatic heterocycles. The highest BCUT2D eigenvalue weighted by molar-refractivity contribution is 7.14. The number of hydrogen-bond acceptors (Lipinski definition) is 8. The van der Waals surface area contributed by atoms with Gasteiger partial charge >= 0.3 is 0 Å². The Morgan fingerprint density at radius 1 is 1.11 bits per heavy atom. The Morgan fingerprint density at radius 2 is 1.93 bits per heavy atom. The van der Waals surface area contributed by atoms with Crippen LogP contribution in [0.15, 0.2) is 42.6 Å². The Labute approximate surface area is 166 Å². The standard InChI is InChI=1S/C20H20N6OS/c1-11(2)19-25-26-20(28-19)12-10-15-17(24-18(12)21)14(8-9-22-15)23-13-6-4-5-7-16(13)27-3/h4-11H,1-3H3,(H2,21,24)(H,22,23). The molecule has 3 heterocycles. The maximum absolute atomic E-state index is 6.27. The summed E-state index contributed by atoms with van der Waals surface area (Å²) < 4.78 is 5.41. The molecule has 0 aliphatic rings. The average Bonchev–Trinajstić information content (AvgIpc) is 3.19. The minimum atomic E-state index is 0.315. The van der Waals surface area contributed by atoms with Gasteiger partial charge in [-0.25, -0.2) is 4.98 Å². The Balaban J connectivity index is 1.77. The highest BCUT2D eigenvalue weighted by Gasteiger charge is 2.16. The van der Waals surface area contributed by atoms with Crippen molar-refractivity contribution in [3.05, 3.63) is 47.6 Å². The number of aromatic nitrogens is 4. The van der Waals surface area contributed by atoms with Gasteiger partial charge < -0.3 is 15.8 Å². The first-order valence-electron chi connectivity index (χ1n) is 8.86. The van der Waals surface area contributed by atoms with E-state index in [2.05, 4.69) is 39.3 Å². The number of anilines is 3. The lowest BCUT2D eigenvalue weighted by atomic mass is 10.2. The number of fused-ring (bicyclic) bond motifs is 1. The Kier molecular flexibility index (Phi) is 4.79. The zero-order chi connectivity index (χ0) is 19.7. The maximum atomic E-state index is 6.27. The fourth-order valence-corrected chi connectivity index (χ4v) is 3.70. The van der Waals surface area contributed by atoms with E-state index < -0.39 is 0 Å². The fraction of sp³-hybridized carbons (Fsp3) is 0.200. The molecule has 4 aromatic rings. The molecular formula is C20H20N6OS. The van der Waals surface area contributed by atoms with Gasteiger partial charge in [0.1, 0.15) is 22.1 Å². The van der Waals surface area contributed by atoms with Gasteiger partial charge in [0.2, 0.25) is 0 Å². The Hall–Kier alpha value is -3.26. The second kappa shape index (κ2) is 7.40. The molecule has 0 aliphatic heterocycles. The molecule has 0 atom stereocenters. The number of ether oxygens (including phenoxy) is 1. The molecule has 0 fully saturated rings. The number of benzene rings is 1. The monoisotopic (exact) mass is 392 g/mol. The lowest BCUT2D eigenvalue weighted by Crippen LogP contribution is -2.00. The topological polar surface area (TPSA) is 98.8 Å². The van der Waals surface area contributed by atoms with Crippen LogP contribution in [0.3, 0.4) is 0 Å². The predicted molar refractivity (Wildman–Crippen MR) is 113 cm³/mol. The van der Waals surface area contributed by atoms with E-state index in [-0.39, 0.29) is 0 Å². The summed E-state index contributed by atoms with van der Waals surface area (Å²) in [6.07, 6.45) is 1.74. The molecule has 0 bridgehead atoms. The molecule has 0 saturated carbocycles. The third kappa shape index (κ3) is 3.34. The van der Waals surface area contributed by atoms with E-state index in [1.54, 1.807) is 13.3 Å². The van der Waals surface area contributed by atoms with Crippen molar-refractivity contribution >= 4 is 39.6 Å². The smallest absolute Gasteiger partial charge is 0.151 e. The SMILES string of the molecule is COc1ccccc1Nc1ccnc2cc(-c3nnc(C(C)C)s3)c(N)nc12. The summed E-state index contributed by atoms with van der Waals surface area (Å²) in [5, 5.41) is 13.6. The van der Waals surface area contributed by atoms with Crippen molar-refractivity contribution in [1.29, 1.82) is 0 Å². The molecule has 0 spiro atoms. The van der Waals surface area contributed by atoms with Crippen molar-refractivity contribution in [2.24, 2.45) is 0 Å². The normalized spacial score (nSPS) is 11.1. The van der Waals surface area contributed by atoms with Crippen LogP contribution in [0.25, 0.3) is 21.6 Å². The zero-order valence-electron chi connectivity index (χ0n) is 15.8. The number of nitrogens with zero attached hydrogens (tertiary/aromatic N) is 4. The largest absolute Gasteiger partial charge is 0.495 e. The zero-order valence-corrected chi connectivity index (χ0v) is 16.6. The molecule has 142 valence electrons. The molecule has 4 rings (SSSR count). The molecule has 0 radical (unpaired) electrons. The van der Waals surface area contributed by atoms with Crippen molar-refractivity contribution in [1.82, 2.24) is 20.2 Å². The highest BCUT2D eigenvalue weighted by atomic mass is 32.1. The van der Waals surface area contributed by atoms with Crippen LogP contribution < -0.4 is 15.8 Å². The minimum Gasteiger partial charge on any atom is -0.495 e. The van der Waals surface area contributed by atoms with E-state index >= 15 is 0 Å². The van der Waals surface area contributed by atoms with Gasteiger partial charge in [-0.1, -0.05) is 37.3 Å². The third-order valence-electron chi connectivity index (χ3n) is 4.28. The molecule has 8 heteroatoms. The van der Waals surface area contributed by atoms with E-state index in [0.29, 0.717) is 17.3 Å². The maximum Gasteiger partial charge on any atom is 0.151 e. The van der Waals surface area contributed by atoms with Gasteiger partial charge in [0, 0.05) is 12.1 Å². The lowest BCUT2D eigenvalue weighted by molar-refractivity contribution is 0.417. The van der Waals surface area contributed by atoms with E-state index in [9.17, 15) is 0 Å². The van der Waals surface area contributed by atoms with Gasteiger partial charge in [-0.05, 0) is 24.3 Å². The summed E-state index contributed by atoms with van der Waals surface area (Å²) in [5.41, 5.74) is 10.1. The van der Waals surface area contributed by atoms with Crippen LogP contribution in [-0.2, 0) is 0 Å². The number of para-hydroxylation sites is 2. The number of nitrogens with two attached hydrogens (primary N) is 1. The van der Waals surface area contributed by atoms with Crippen molar-refractivity contribution in [3.63, 3.8) is 0 Å². The quantitative estimate of drug-likeness (QED) is 0.512. The van der Waals surface area contributed by atoms with Gasteiger partial charge in [0.25, 0.3) is 0 Å². The van der Waals surface area contributed by atoms with Crippen LogP contribution in [0.4, 0.5) is 17.2 Å². The molecule has 28 heavy (non-hydrogen) atoms. The number of pyridine rings is 2. The third-order valence-corrected chi connectivity index (χ3v) is 5.54. The van der Waals surface area contributed by atoms with E-state index in [4.69, 9.17) is 10.5 Å². The minimum absolute atomic E-state index is 0.315. The number of nitrogen functional groups attached to an aromatic ring is 1. The summed E-state index contributed by atoms with van der Waals surface area (Å²) in [4.78, 5) is 9.07. The Morgan fingerprint density at radius 3 is 2.68 bits per heavy atom. The summed E-state index contributed by atoms with van der Waals surface area (Å²) in [5.74, 6) is 1.46. The van der Waals surface area contributed by atoms with Crippen molar-refractivity contribution < 1.29 is 4.74 Å². The Bertz CT molecular complexity index is 1140. The van der Waals surface area contributed by atoms with Crippen molar-refractivity contribution in [2.75, 3.05) is 18.2 Å². The fourth-order valence-electron chi connectivity index (χ4n) is 2.83. The molecule has 3 N–H and O–H groups in total. The summed E-state index contributed by atoms with van der Waals surface area (Å²) in [6, 6.07) is 11.5. The first-order valence-corrected chi connectivity index (χ1v) is 9.67. The molecule has 0 saturated heterocycles. The van der Waals surface area contributed by atoms with Crippen LogP contribution in [0.5, 0.6) is 5.75 Å². The van der Waals surface area contributed by atoms with Crippen LogP contribution in [-0.4, -0.2) is 27.3 Å². The van der Waals surface area contributed by atoms with Crippen LogP contribution in [0.1, 0.15) is 24.8 Å². The second-order valence-electron chi connectivity index (χ2n) is 6.57. The molecule has 0 amide bonds. The number of methoxy groups -OCH3 is 1. The van der Waals surface area contributed by atoms with Gasteiger partial charge in [0.05, 0.1) is 29.6 Å². The number of rotatable bonds is 5. The summed E-state index contributed by atoms with van der Waals surface area (Å²) in [7, 11) is 1.64. The lowest BCUT2D eigenvalue weighted by Gasteiger charge is -2.13. The highest BCUT2D eigenvalue weighted by Crippen LogP contribution is 2.35. The van der Waals surface area contributed by atoms with Crippen molar-refractivity contribution in [2.45, 2.75) is 19.8 Å². The van der Waals surface area contributed by atoms with Gasteiger partial charge in [-0.15, -0.1) is 10.2 Å². The summed E-state index contributed by atoms with van der Waals surface area (Å²) >= 11 is 1.53. The van der Waals surface area contributed by atoms with Crippen LogP contribution in [0, 0.1) is 0 Å². The van der Waals surface area contributed by atoms with Crippen molar-refractivity contribution in [3.8, 4) is 16.3 Å². The first-order chi connectivity index (χ1) is 13.6. The van der Waals surface area contributed by atoms with Crippen LogP contribution >= 0.6 is 11.3 Å². The summed E-state index contributed by atoms with van der Waals surface area (Å²) in [6.45, 7) is 4.17. The molecular weight excluding hydrogens is 372 g/mol.